The van der Waals surface area contributed by atoms with Crippen molar-refractivity contribution in [2.24, 2.45) is 0 Å². The van der Waals surface area contributed by atoms with Gasteiger partial charge in [-0.15, -0.1) is 0 Å². The Hall–Kier alpha value is -1.42. The van der Waals surface area contributed by atoms with Crippen LogP contribution in [0.25, 0.3) is 0 Å². The van der Waals surface area contributed by atoms with E-state index in [0.29, 0.717) is 0 Å². The van der Waals surface area contributed by atoms with Gasteiger partial charge in [-0.3, -0.25) is 9.59 Å². The molecule has 1 N–H and O–H groups in total. The van der Waals surface area contributed by atoms with Gasteiger partial charge in [0.2, 0.25) is 0 Å². The summed E-state index contributed by atoms with van der Waals surface area (Å²) in [6, 6.07) is 3.55. The third-order valence-corrected chi connectivity index (χ3v) is 3.18. The first-order chi connectivity index (χ1) is 7.45. The number of hydrogen-bond acceptors (Lipinski definition) is 2. The fourth-order valence-corrected chi connectivity index (χ4v) is 2.24. The number of aliphatic carboxylic acids is 1. The summed E-state index contributed by atoms with van der Waals surface area (Å²) >= 11 is 5.84. The molecule has 1 aliphatic carbocycles. The van der Waals surface area contributed by atoms with Crippen LogP contribution in [-0.2, 0) is 15.0 Å². The highest BCUT2D eigenvalue weighted by Crippen LogP contribution is 2.44. The van der Waals surface area contributed by atoms with E-state index in [0.717, 1.165) is 12.1 Å². The van der Waals surface area contributed by atoms with E-state index in [1.807, 2.05) is 0 Å². The van der Waals surface area contributed by atoms with E-state index in [2.05, 4.69) is 0 Å². The maximum Gasteiger partial charge on any atom is 0.315 e. The van der Waals surface area contributed by atoms with E-state index in [1.165, 1.54) is 6.07 Å². The Morgan fingerprint density at radius 1 is 1.44 bits per heavy atom. The smallest absolute Gasteiger partial charge is 0.315 e. The predicted octanol–water partition coefficient (Wildman–Crippen LogP) is 2.16. The molecule has 0 aromatic heterocycles. The van der Waals surface area contributed by atoms with Crippen LogP contribution in [0, 0.1) is 5.82 Å². The number of Topliss-reactive ketones (excluding diaryl/α,β-unsaturated/α-hetero) is 1. The Labute approximate surface area is 95.8 Å². The first-order valence-electron chi connectivity index (χ1n) is 4.66. The lowest BCUT2D eigenvalue weighted by atomic mass is 9.63. The molecule has 0 unspecified atom stereocenters. The topological polar surface area (TPSA) is 54.4 Å². The maximum atomic E-state index is 13.1. The zero-order valence-corrected chi connectivity index (χ0v) is 8.92. The van der Waals surface area contributed by atoms with Crippen LogP contribution in [0.5, 0.6) is 0 Å². The van der Waals surface area contributed by atoms with Crippen LogP contribution < -0.4 is 0 Å². The molecule has 0 saturated heterocycles. The molecule has 0 radical (unpaired) electrons. The van der Waals surface area contributed by atoms with Crippen LogP contribution in [0.15, 0.2) is 18.2 Å². The molecule has 0 amide bonds. The number of halogens is 2. The maximum absolute atomic E-state index is 13.1. The quantitative estimate of drug-likeness (QED) is 0.865. The molecular formula is C11H8ClFO3. The van der Waals surface area contributed by atoms with Crippen molar-refractivity contribution < 1.29 is 19.1 Å². The third-order valence-electron chi connectivity index (χ3n) is 2.85. The number of carboxylic acid groups (broad SMARTS) is 1. The van der Waals surface area contributed by atoms with Gasteiger partial charge in [0.25, 0.3) is 0 Å². The van der Waals surface area contributed by atoms with Crippen molar-refractivity contribution in [1.29, 1.82) is 0 Å². The highest BCUT2D eigenvalue weighted by molar-refractivity contribution is 6.32. The van der Waals surface area contributed by atoms with E-state index in [1.54, 1.807) is 0 Å². The predicted molar refractivity (Wildman–Crippen MR) is 55.0 cm³/mol. The molecule has 0 atom stereocenters. The summed E-state index contributed by atoms with van der Waals surface area (Å²) in [7, 11) is 0. The summed E-state index contributed by atoms with van der Waals surface area (Å²) in [5.74, 6) is -1.85. The standard InChI is InChI=1S/C11H8ClFO3/c12-9-2-1-6(13)3-8(9)11(10(15)16)4-7(14)5-11/h1-3H,4-5H2,(H,15,16). The molecule has 5 heteroatoms. The number of hydrogen-bond donors (Lipinski definition) is 1. The Balaban J connectivity index is 2.52. The average molecular weight is 243 g/mol. The molecule has 0 aliphatic heterocycles. The Morgan fingerprint density at radius 3 is 2.56 bits per heavy atom. The monoisotopic (exact) mass is 242 g/mol. The summed E-state index contributed by atoms with van der Waals surface area (Å²) in [5, 5.41) is 9.31. The van der Waals surface area contributed by atoms with Crippen molar-refractivity contribution in [1.82, 2.24) is 0 Å². The van der Waals surface area contributed by atoms with Gasteiger partial charge in [0, 0.05) is 17.9 Å². The summed E-state index contributed by atoms with van der Waals surface area (Å²) in [6.45, 7) is 0. The SMILES string of the molecule is O=C1CC(C(=O)O)(c2cc(F)ccc2Cl)C1. The average Bonchev–Trinajstić information content (AvgIpc) is 2.16. The number of ketones is 1. The normalized spacial score (nSPS) is 18.0. The zero-order chi connectivity index (χ0) is 11.9. The van der Waals surface area contributed by atoms with Gasteiger partial charge in [-0.1, -0.05) is 11.6 Å². The number of carboxylic acids is 1. The van der Waals surface area contributed by atoms with Crippen molar-refractivity contribution in [3.05, 3.63) is 34.6 Å². The number of carbonyl (C=O) groups is 2. The van der Waals surface area contributed by atoms with Gasteiger partial charge in [-0.25, -0.2) is 4.39 Å². The number of rotatable bonds is 2. The molecule has 84 valence electrons. The van der Waals surface area contributed by atoms with E-state index in [4.69, 9.17) is 16.7 Å². The van der Waals surface area contributed by atoms with E-state index >= 15 is 0 Å². The van der Waals surface area contributed by atoms with Crippen LogP contribution in [0.2, 0.25) is 5.02 Å². The van der Waals surface area contributed by atoms with E-state index in [-0.39, 0.29) is 29.2 Å². The van der Waals surface area contributed by atoms with Crippen molar-refractivity contribution in [2.45, 2.75) is 18.3 Å². The van der Waals surface area contributed by atoms with Gasteiger partial charge in [0.15, 0.2) is 0 Å². The summed E-state index contributed by atoms with van der Waals surface area (Å²) < 4.78 is 13.1. The van der Waals surface area contributed by atoms with E-state index < -0.39 is 17.2 Å². The molecule has 0 bridgehead atoms. The van der Waals surface area contributed by atoms with Gasteiger partial charge in [-0.05, 0) is 23.8 Å². The van der Waals surface area contributed by atoms with Gasteiger partial charge in [0.05, 0.1) is 0 Å². The van der Waals surface area contributed by atoms with Crippen LogP contribution >= 0.6 is 11.6 Å². The largest absolute Gasteiger partial charge is 0.481 e. The minimum absolute atomic E-state index is 0.120. The van der Waals surface area contributed by atoms with Gasteiger partial charge in [-0.2, -0.15) is 0 Å². The Morgan fingerprint density at radius 2 is 2.06 bits per heavy atom. The Bertz CT molecular complexity index is 476. The number of carbonyl (C=O) groups excluding carboxylic acids is 1. The van der Waals surface area contributed by atoms with Crippen molar-refractivity contribution in [2.75, 3.05) is 0 Å². The van der Waals surface area contributed by atoms with Crippen LogP contribution in [0.1, 0.15) is 18.4 Å². The van der Waals surface area contributed by atoms with Crippen molar-refractivity contribution in [3.63, 3.8) is 0 Å². The first-order valence-corrected chi connectivity index (χ1v) is 5.04. The molecule has 1 aliphatic rings. The summed E-state index contributed by atoms with van der Waals surface area (Å²) in [6.07, 6.45) is -0.239. The second kappa shape index (κ2) is 3.56. The van der Waals surface area contributed by atoms with Crippen LogP contribution in [-0.4, -0.2) is 16.9 Å². The van der Waals surface area contributed by atoms with Gasteiger partial charge >= 0.3 is 5.97 Å². The van der Waals surface area contributed by atoms with E-state index in [9.17, 15) is 14.0 Å². The first kappa shape index (κ1) is 11.1. The highest BCUT2D eigenvalue weighted by atomic mass is 35.5. The lowest BCUT2D eigenvalue weighted by Gasteiger charge is -2.37. The molecule has 1 aromatic carbocycles. The second-order valence-electron chi connectivity index (χ2n) is 3.90. The summed E-state index contributed by atoms with van der Waals surface area (Å²) in [5.41, 5.74) is -1.16. The number of benzene rings is 1. The zero-order valence-electron chi connectivity index (χ0n) is 8.17. The molecule has 2 rings (SSSR count). The summed E-state index contributed by atoms with van der Waals surface area (Å²) in [4.78, 5) is 22.2. The molecule has 1 fully saturated rings. The van der Waals surface area contributed by atoms with Crippen LogP contribution in [0.3, 0.4) is 0 Å². The lowest BCUT2D eigenvalue weighted by molar-refractivity contribution is -0.153. The van der Waals surface area contributed by atoms with Crippen molar-refractivity contribution >= 4 is 23.4 Å². The highest BCUT2D eigenvalue weighted by Gasteiger charge is 2.52. The molecule has 3 nitrogen and oxygen atoms in total. The lowest BCUT2D eigenvalue weighted by Crippen LogP contribution is -2.48. The van der Waals surface area contributed by atoms with Crippen LogP contribution in [0.4, 0.5) is 4.39 Å². The molecule has 16 heavy (non-hydrogen) atoms. The fourth-order valence-electron chi connectivity index (χ4n) is 1.94. The molecule has 1 saturated carbocycles. The minimum atomic E-state index is -1.34. The minimum Gasteiger partial charge on any atom is -0.481 e. The van der Waals surface area contributed by atoms with Crippen molar-refractivity contribution in [3.8, 4) is 0 Å². The Kier molecular flexibility index (Phi) is 2.46. The molecular weight excluding hydrogens is 235 g/mol. The molecule has 1 aromatic rings. The van der Waals surface area contributed by atoms with Gasteiger partial charge in [0.1, 0.15) is 17.0 Å². The third kappa shape index (κ3) is 1.50. The van der Waals surface area contributed by atoms with Gasteiger partial charge < -0.3 is 5.11 Å². The molecule has 0 spiro atoms. The second-order valence-corrected chi connectivity index (χ2v) is 4.31. The fraction of sp³-hybridized carbons (Fsp3) is 0.273. The molecule has 0 heterocycles.